The first kappa shape index (κ1) is 9.27. The molecule has 0 aliphatic carbocycles. The number of nitrogens with zero attached hydrogens (tertiary/aromatic N) is 1. The summed E-state index contributed by atoms with van der Waals surface area (Å²) >= 11 is 0. The van der Waals surface area contributed by atoms with E-state index in [0.717, 1.165) is 18.7 Å². The Morgan fingerprint density at radius 2 is 2.36 bits per heavy atom. The number of methoxy groups -OCH3 is 2. The van der Waals surface area contributed by atoms with E-state index >= 15 is 0 Å². The maximum absolute atomic E-state index is 11.2. The lowest BCUT2D eigenvalue weighted by Crippen LogP contribution is -2.11. The van der Waals surface area contributed by atoms with Crippen LogP contribution in [0.15, 0.2) is 12.3 Å². The van der Waals surface area contributed by atoms with Crippen LogP contribution in [0.25, 0.3) is 0 Å². The predicted molar refractivity (Wildman–Crippen MR) is 50.3 cm³/mol. The molecule has 2 heterocycles. The van der Waals surface area contributed by atoms with Crippen molar-refractivity contribution in [2.24, 2.45) is 0 Å². The summed E-state index contributed by atoms with van der Waals surface area (Å²) < 4.78 is 11.9. The van der Waals surface area contributed by atoms with Gasteiger partial charge in [-0.05, 0) is 6.07 Å². The summed E-state index contributed by atoms with van der Waals surface area (Å²) in [5.74, 6) is -0.277. The Bertz CT molecular complexity index is 333. The molecule has 4 heteroatoms. The van der Waals surface area contributed by atoms with Crippen LogP contribution in [-0.2, 0) is 22.4 Å². The molecular weight excluding hydrogens is 182 g/mol. The van der Waals surface area contributed by atoms with E-state index in [1.165, 1.54) is 7.11 Å². The van der Waals surface area contributed by atoms with Gasteiger partial charge in [-0.3, -0.25) is 0 Å². The average Bonchev–Trinajstić information content (AvgIpc) is 2.72. The zero-order valence-electron chi connectivity index (χ0n) is 8.32. The quantitative estimate of drug-likeness (QED) is 0.657. The fraction of sp³-hybridized carbons (Fsp3) is 0.500. The fourth-order valence-electron chi connectivity index (χ4n) is 1.80. The first-order chi connectivity index (χ1) is 6.74. The molecule has 0 spiro atoms. The highest BCUT2D eigenvalue weighted by molar-refractivity contribution is 5.89. The van der Waals surface area contributed by atoms with Crippen LogP contribution in [0.3, 0.4) is 0 Å². The first-order valence-corrected chi connectivity index (χ1v) is 4.54. The molecule has 0 bridgehead atoms. The Labute approximate surface area is 82.4 Å². The number of carbonyl (C=O) groups is 1. The van der Waals surface area contributed by atoms with Gasteiger partial charge in [0.05, 0.1) is 18.8 Å². The Balaban J connectivity index is 2.18. The van der Waals surface area contributed by atoms with Crippen molar-refractivity contribution in [3.05, 3.63) is 23.5 Å². The lowest BCUT2D eigenvalue weighted by molar-refractivity contribution is 0.0599. The number of aromatic nitrogens is 1. The summed E-state index contributed by atoms with van der Waals surface area (Å²) in [5, 5.41) is 0. The molecule has 14 heavy (non-hydrogen) atoms. The average molecular weight is 195 g/mol. The van der Waals surface area contributed by atoms with Crippen LogP contribution in [-0.4, -0.2) is 30.9 Å². The molecule has 76 valence electrons. The van der Waals surface area contributed by atoms with Gasteiger partial charge in [-0.2, -0.15) is 0 Å². The summed E-state index contributed by atoms with van der Waals surface area (Å²) in [5.41, 5.74) is 1.76. The van der Waals surface area contributed by atoms with E-state index in [0.29, 0.717) is 5.56 Å². The van der Waals surface area contributed by atoms with Crippen molar-refractivity contribution in [3.63, 3.8) is 0 Å². The molecular formula is C10H13NO3. The minimum Gasteiger partial charge on any atom is -0.465 e. The zero-order valence-corrected chi connectivity index (χ0v) is 8.32. The minimum atomic E-state index is -0.277. The van der Waals surface area contributed by atoms with Gasteiger partial charge < -0.3 is 14.0 Å². The van der Waals surface area contributed by atoms with Crippen LogP contribution in [0.5, 0.6) is 0 Å². The topological polar surface area (TPSA) is 40.5 Å². The highest BCUT2D eigenvalue weighted by Crippen LogP contribution is 2.20. The molecule has 4 nitrogen and oxygen atoms in total. The molecule has 0 fully saturated rings. The van der Waals surface area contributed by atoms with Crippen molar-refractivity contribution in [3.8, 4) is 0 Å². The number of esters is 1. The SMILES string of the molecule is COC(=O)c1cc2n(c1)CC(OC)C2. The van der Waals surface area contributed by atoms with Gasteiger partial charge in [-0.15, -0.1) is 0 Å². The number of rotatable bonds is 2. The largest absolute Gasteiger partial charge is 0.465 e. The molecule has 1 atom stereocenters. The third kappa shape index (κ3) is 1.42. The summed E-state index contributed by atoms with van der Waals surface area (Å²) in [6, 6.07) is 1.87. The van der Waals surface area contributed by atoms with Crippen LogP contribution in [0.1, 0.15) is 16.1 Å². The number of hydrogen-bond donors (Lipinski definition) is 0. The maximum Gasteiger partial charge on any atom is 0.339 e. The van der Waals surface area contributed by atoms with E-state index in [9.17, 15) is 4.79 Å². The fourth-order valence-corrected chi connectivity index (χ4v) is 1.80. The van der Waals surface area contributed by atoms with Crippen molar-refractivity contribution < 1.29 is 14.3 Å². The smallest absolute Gasteiger partial charge is 0.339 e. The number of fused-ring (bicyclic) bond motifs is 1. The van der Waals surface area contributed by atoms with Crippen LogP contribution in [0.2, 0.25) is 0 Å². The zero-order chi connectivity index (χ0) is 10.1. The Hall–Kier alpha value is -1.29. The van der Waals surface area contributed by atoms with Crippen LogP contribution >= 0.6 is 0 Å². The second-order valence-electron chi connectivity index (χ2n) is 3.43. The van der Waals surface area contributed by atoms with Crippen molar-refractivity contribution in [2.45, 2.75) is 19.1 Å². The van der Waals surface area contributed by atoms with E-state index < -0.39 is 0 Å². The van der Waals surface area contributed by atoms with Crippen molar-refractivity contribution >= 4 is 5.97 Å². The van der Waals surface area contributed by atoms with Crippen molar-refractivity contribution in [1.29, 1.82) is 0 Å². The van der Waals surface area contributed by atoms with Gasteiger partial charge in [0, 0.05) is 32.0 Å². The van der Waals surface area contributed by atoms with E-state index in [1.54, 1.807) is 7.11 Å². The molecule has 2 rings (SSSR count). The van der Waals surface area contributed by atoms with Gasteiger partial charge in [0.1, 0.15) is 0 Å². The third-order valence-corrected chi connectivity index (χ3v) is 2.58. The molecule has 0 aromatic carbocycles. The highest BCUT2D eigenvalue weighted by atomic mass is 16.5. The minimum absolute atomic E-state index is 0.247. The molecule has 1 aromatic heterocycles. The molecule has 0 saturated carbocycles. The van der Waals surface area contributed by atoms with Crippen molar-refractivity contribution in [1.82, 2.24) is 4.57 Å². The lowest BCUT2D eigenvalue weighted by Gasteiger charge is -2.04. The van der Waals surface area contributed by atoms with E-state index in [2.05, 4.69) is 4.74 Å². The second kappa shape index (κ2) is 3.46. The maximum atomic E-state index is 11.2. The molecule has 0 N–H and O–H groups in total. The molecule has 0 amide bonds. The summed E-state index contributed by atoms with van der Waals surface area (Å²) in [6.07, 6.45) is 2.94. The van der Waals surface area contributed by atoms with Gasteiger partial charge in [-0.25, -0.2) is 4.79 Å². The van der Waals surface area contributed by atoms with Crippen LogP contribution in [0, 0.1) is 0 Å². The summed E-state index contributed by atoms with van der Waals surface area (Å²) in [7, 11) is 3.10. The standard InChI is InChI=1S/C10H13NO3/c1-13-9-4-8-3-7(10(12)14-2)5-11(8)6-9/h3,5,9H,4,6H2,1-2H3. The molecule has 0 radical (unpaired) electrons. The highest BCUT2D eigenvalue weighted by Gasteiger charge is 2.23. The normalized spacial score (nSPS) is 19.4. The van der Waals surface area contributed by atoms with Gasteiger partial charge in [0.15, 0.2) is 0 Å². The van der Waals surface area contributed by atoms with Gasteiger partial charge in [0.25, 0.3) is 0 Å². The number of hydrogen-bond acceptors (Lipinski definition) is 3. The lowest BCUT2D eigenvalue weighted by atomic mass is 10.2. The molecule has 0 saturated heterocycles. The Morgan fingerprint density at radius 1 is 1.57 bits per heavy atom. The van der Waals surface area contributed by atoms with Crippen LogP contribution < -0.4 is 0 Å². The Kier molecular flexibility index (Phi) is 2.29. The van der Waals surface area contributed by atoms with Gasteiger partial charge in [-0.1, -0.05) is 0 Å². The number of ether oxygens (including phenoxy) is 2. The molecule has 1 aliphatic heterocycles. The molecule has 1 unspecified atom stereocenters. The molecule has 1 aliphatic rings. The van der Waals surface area contributed by atoms with Gasteiger partial charge >= 0.3 is 5.97 Å². The summed E-state index contributed by atoms with van der Waals surface area (Å²) in [4.78, 5) is 11.2. The van der Waals surface area contributed by atoms with E-state index in [4.69, 9.17) is 4.74 Å². The summed E-state index contributed by atoms with van der Waals surface area (Å²) in [6.45, 7) is 0.822. The predicted octanol–water partition coefficient (Wildman–Crippen LogP) is 0.846. The van der Waals surface area contributed by atoms with Crippen molar-refractivity contribution in [2.75, 3.05) is 14.2 Å². The Morgan fingerprint density at radius 3 is 2.93 bits per heavy atom. The number of carbonyl (C=O) groups excluding carboxylic acids is 1. The van der Waals surface area contributed by atoms with E-state index in [1.807, 2.05) is 16.8 Å². The third-order valence-electron chi connectivity index (χ3n) is 2.58. The van der Waals surface area contributed by atoms with E-state index in [-0.39, 0.29) is 12.1 Å². The monoisotopic (exact) mass is 195 g/mol. The molecule has 1 aromatic rings. The first-order valence-electron chi connectivity index (χ1n) is 4.54. The van der Waals surface area contributed by atoms with Crippen LogP contribution in [0.4, 0.5) is 0 Å². The van der Waals surface area contributed by atoms with Gasteiger partial charge in [0.2, 0.25) is 0 Å². The second-order valence-corrected chi connectivity index (χ2v) is 3.43.